The van der Waals surface area contributed by atoms with E-state index in [1.54, 1.807) is 19.3 Å². The van der Waals surface area contributed by atoms with Crippen LogP contribution in [-0.4, -0.2) is 28.9 Å². The monoisotopic (exact) mass is 542 g/mol. The summed E-state index contributed by atoms with van der Waals surface area (Å²) in [7, 11) is 1.56. The molecule has 1 saturated heterocycles. The second-order valence-electron chi connectivity index (χ2n) is 5.76. The van der Waals surface area contributed by atoms with Gasteiger partial charge >= 0.3 is 0 Å². The lowest BCUT2D eigenvalue weighted by Crippen LogP contribution is -2.27. The molecule has 2 aromatic rings. The van der Waals surface area contributed by atoms with Crippen molar-refractivity contribution in [3.05, 3.63) is 60.6 Å². The topological polar surface area (TPSA) is 81.9 Å². The Morgan fingerprint density at radius 3 is 2.59 bits per heavy atom. The number of amides is 1. The number of hydrogen-bond acceptors (Lipinski definition) is 7. The molecule has 0 bridgehead atoms. The van der Waals surface area contributed by atoms with E-state index in [2.05, 4.69) is 22.6 Å². The van der Waals surface area contributed by atoms with Crippen LogP contribution in [0.25, 0.3) is 6.08 Å². The van der Waals surface area contributed by atoms with Gasteiger partial charge in [-0.2, -0.15) is 0 Å². The second-order valence-corrected chi connectivity index (χ2v) is 8.60. The summed E-state index contributed by atoms with van der Waals surface area (Å²) in [6, 6.07) is 9.40. The largest absolute Gasteiger partial charge is 0.493 e. The van der Waals surface area contributed by atoms with Crippen LogP contribution < -0.4 is 14.4 Å². The van der Waals surface area contributed by atoms with Gasteiger partial charge in [0, 0.05) is 12.1 Å². The lowest BCUT2D eigenvalue weighted by molar-refractivity contribution is -0.384. The maximum Gasteiger partial charge on any atom is 0.270 e. The van der Waals surface area contributed by atoms with Crippen molar-refractivity contribution in [3.8, 4) is 11.5 Å². The van der Waals surface area contributed by atoms with E-state index in [1.165, 1.54) is 40.9 Å². The molecular weight excluding hydrogens is 527 g/mol. The number of carbonyl (C=O) groups excluding carboxylic acids is 1. The molecule has 0 N–H and O–H groups in total. The molecule has 29 heavy (non-hydrogen) atoms. The maximum atomic E-state index is 12.9. The predicted molar refractivity (Wildman–Crippen MR) is 126 cm³/mol. The van der Waals surface area contributed by atoms with Crippen molar-refractivity contribution in [2.75, 3.05) is 18.6 Å². The van der Waals surface area contributed by atoms with Gasteiger partial charge in [-0.1, -0.05) is 24.0 Å². The fourth-order valence-electron chi connectivity index (χ4n) is 2.67. The number of rotatable bonds is 6. The first-order valence-corrected chi connectivity index (χ1v) is 10.7. The number of halogens is 1. The third-order valence-electron chi connectivity index (χ3n) is 3.95. The van der Waals surface area contributed by atoms with Gasteiger partial charge in [-0.15, -0.1) is 0 Å². The SMILES string of the molecule is CCOc1c(I)cc(/C=C2\SC(=S)N(c3ccc([N+](=O)[O-])cc3)C2=O)cc1OC. The highest BCUT2D eigenvalue weighted by atomic mass is 127. The van der Waals surface area contributed by atoms with Crippen molar-refractivity contribution in [2.45, 2.75) is 6.92 Å². The number of nitrogens with zero attached hydrogens (tertiary/aromatic N) is 2. The van der Waals surface area contributed by atoms with Gasteiger partial charge in [0.05, 0.1) is 32.8 Å². The molecule has 0 atom stereocenters. The van der Waals surface area contributed by atoms with E-state index in [9.17, 15) is 14.9 Å². The van der Waals surface area contributed by atoms with Crippen LogP contribution in [0.5, 0.6) is 11.5 Å². The Morgan fingerprint density at radius 1 is 1.31 bits per heavy atom. The van der Waals surface area contributed by atoms with Crippen molar-refractivity contribution in [1.82, 2.24) is 0 Å². The van der Waals surface area contributed by atoms with Gasteiger partial charge in [0.15, 0.2) is 15.8 Å². The van der Waals surface area contributed by atoms with Crippen molar-refractivity contribution in [3.63, 3.8) is 0 Å². The predicted octanol–water partition coefficient (Wildman–Crippen LogP) is 5.01. The van der Waals surface area contributed by atoms with Crippen LogP contribution in [-0.2, 0) is 4.79 Å². The maximum absolute atomic E-state index is 12.9. The van der Waals surface area contributed by atoms with Crippen LogP contribution in [0.2, 0.25) is 0 Å². The third-order valence-corrected chi connectivity index (χ3v) is 6.05. The number of thiocarbonyl (C=S) groups is 1. The minimum Gasteiger partial charge on any atom is -0.493 e. The number of carbonyl (C=O) groups is 1. The molecule has 0 spiro atoms. The first-order valence-electron chi connectivity index (χ1n) is 8.38. The normalized spacial score (nSPS) is 15.1. The Labute approximate surface area is 190 Å². The molecule has 3 rings (SSSR count). The van der Waals surface area contributed by atoms with Gasteiger partial charge < -0.3 is 9.47 Å². The average molecular weight is 542 g/mol. The molecule has 1 amide bonds. The third kappa shape index (κ3) is 4.54. The fraction of sp³-hybridized carbons (Fsp3) is 0.158. The molecule has 0 unspecified atom stereocenters. The van der Waals surface area contributed by atoms with Gasteiger partial charge in [-0.3, -0.25) is 19.8 Å². The summed E-state index contributed by atoms with van der Waals surface area (Å²) in [5.74, 6) is 0.957. The summed E-state index contributed by atoms with van der Waals surface area (Å²) in [5.41, 5.74) is 1.21. The lowest BCUT2D eigenvalue weighted by atomic mass is 10.1. The highest BCUT2D eigenvalue weighted by Gasteiger charge is 2.33. The fourth-order valence-corrected chi connectivity index (χ4v) is 4.75. The average Bonchev–Trinajstić information content (AvgIpc) is 2.97. The molecular formula is C19H15IN2O5S2. The molecule has 2 aromatic carbocycles. The molecule has 150 valence electrons. The number of methoxy groups -OCH3 is 1. The van der Waals surface area contributed by atoms with Gasteiger partial charge in [-0.05, 0) is 65.4 Å². The van der Waals surface area contributed by atoms with Crippen LogP contribution in [0.15, 0.2) is 41.3 Å². The number of ether oxygens (including phenoxy) is 2. The quantitative estimate of drug-likeness (QED) is 0.167. The summed E-state index contributed by atoms with van der Waals surface area (Å²) < 4.78 is 12.3. The number of anilines is 1. The van der Waals surface area contributed by atoms with Gasteiger partial charge in [0.25, 0.3) is 11.6 Å². The zero-order valence-electron chi connectivity index (χ0n) is 15.4. The Morgan fingerprint density at radius 2 is 2.00 bits per heavy atom. The van der Waals surface area contributed by atoms with E-state index in [1.807, 2.05) is 13.0 Å². The molecule has 0 radical (unpaired) electrons. The Balaban J connectivity index is 1.92. The Bertz CT molecular complexity index is 1020. The molecule has 7 nitrogen and oxygen atoms in total. The standard InChI is InChI=1S/C19H15IN2O5S2/c1-3-27-17-14(20)8-11(9-15(17)26-2)10-16-18(23)21(19(28)29-16)12-4-6-13(7-5-12)22(24)25/h4-10H,3H2,1-2H3/b16-10-. The highest BCUT2D eigenvalue weighted by Crippen LogP contribution is 2.39. The van der Waals surface area contributed by atoms with Crippen molar-refractivity contribution in [1.29, 1.82) is 0 Å². The Hall–Kier alpha value is -2.18. The number of nitro benzene ring substituents is 1. The van der Waals surface area contributed by atoms with E-state index in [-0.39, 0.29) is 11.6 Å². The van der Waals surface area contributed by atoms with Gasteiger partial charge in [0.1, 0.15) is 0 Å². The van der Waals surface area contributed by atoms with Gasteiger partial charge in [0.2, 0.25) is 0 Å². The van der Waals surface area contributed by atoms with Crippen molar-refractivity contribution in [2.24, 2.45) is 0 Å². The molecule has 0 saturated carbocycles. The van der Waals surface area contributed by atoms with Crippen molar-refractivity contribution < 1.29 is 19.2 Å². The number of nitro groups is 1. The van der Waals surface area contributed by atoms with E-state index in [0.717, 1.165) is 9.13 Å². The van der Waals surface area contributed by atoms with E-state index < -0.39 is 4.92 Å². The van der Waals surface area contributed by atoms with E-state index in [4.69, 9.17) is 21.7 Å². The van der Waals surface area contributed by atoms with E-state index in [0.29, 0.717) is 33.0 Å². The zero-order valence-corrected chi connectivity index (χ0v) is 19.2. The van der Waals surface area contributed by atoms with Crippen LogP contribution in [0.4, 0.5) is 11.4 Å². The summed E-state index contributed by atoms with van der Waals surface area (Å²) in [5, 5.41) is 10.8. The summed E-state index contributed by atoms with van der Waals surface area (Å²) >= 11 is 8.69. The van der Waals surface area contributed by atoms with E-state index >= 15 is 0 Å². The molecule has 1 fully saturated rings. The number of hydrogen-bond donors (Lipinski definition) is 0. The summed E-state index contributed by atoms with van der Waals surface area (Å²) in [6.45, 7) is 2.41. The number of thioether (sulfide) groups is 1. The molecule has 0 aliphatic carbocycles. The van der Waals surface area contributed by atoms with Crippen LogP contribution in [0, 0.1) is 13.7 Å². The smallest absolute Gasteiger partial charge is 0.270 e. The van der Waals surface area contributed by atoms with Crippen LogP contribution in [0.3, 0.4) is 0 Å². The van der Waals surface area contributed by atoms with Gasteiger partial charge in [-0.25, -0.2) is 0 Å². The zero-order chi connectivity index (χ0) is 21.1. The van der Waals surface area contributed by atoms with Crippen molar-refractivity contribution >= 4 is 74.2 Å². The summed E-state index contributed by atoms with van der Waals surface area (Å²) in [4.78, 5) is 25.1. The minimum absolute atomic E-state index is 0.0502. The van der Waals surface area contributed by atoms with Crippen LogP contribution in [0.1, 0.15) is 12.5 Å². The Kier molecular flexibility index (Phi) is 6.75. The first kappa shape index (κ1) is 21.5. The van der Waals surface area contributed by atoms with Crippen LogP contribution >= 0.6 is 46.6 Å². The first-order chi connectivity index (χ1) is 13.8. The molecule has 1 heterocycles. The number of benzene rings is 2. The second kappa shape index (κ2) is 9.09. The molecule has 0 aromatic heterocycles. The minimum atomic E-state index is -0.491. The molecule has 10 heteroatoms. The summed E-state index contributed by atoms with van der Waals surface area (Å²) in [6.07, 6.45) is 1.74. The molecule has 1 aliphatic heterocycles. The highest BCUT2D eigenvalue weighted by molar-refractivity contribution is 14.1. The molecule has 1 aliphatic rings. The number of non-ortho nitro benzene ring substituents is 1. The lowest BCUT2D eigenvalue weighted by Gasteiger charge is -2.14.